The minimum absolute atomic E-state index is 0.0126. The standard InChI is InChI=1S/C18H15NO3S/c1-13-6-10-17(11-7-13)23(21,22)18(20)19-16-9-8-14-4-2-3-5-15(14)12-16/h2-12H,1H3,(H,19,20). The Balaban J connectivity index is 1.88. The van der Waals surface area contributed by atoms with Gasteiger partial charge in [0.2, 0.25) is 0 Å². The van der Waals surface area contributed by atoms with Gasteiger partial charge in [-0.25, -0.2) is 8.42 Å². The first-order chi connectivity index (χ1) is 11.0. The second kappa shape index (κ2) is 5.85. The van der Waals surface area contributed by atoms with Crippen LogP contribution >= 0.6 is 0 Å². The minimum atomic E-state index is -4.06. The summed E-state index contributed by atoms with van der Waals surface area (Å²) in [6.45, 7) is 1.85. The largest absolute Gasteiger partial charge is 0.345 e. The van der Waals surface area contributed by atoms with E-state index in [9.17, 15) is 13.2 Å². The third-order valence-corrected chi connectivity index (χ3v) is 5.05. The van der Waals surface area contributed by atoms with E-state index >= 15 is 0 Å². The van der Waals surface area contributed by atoms with E-state index in [-0.39, 0.29) is 4.90 Å². The van der Waals surface area contributed by atoms with Crippen molar-refractivity contribution >= 4 is 31.5 Å². The number of carbonyl (C=O) groups excluding carboxylic acids is 1. The average Bonchev–Trinajstić information content (AvgIpc) is 2.55. The summed E-state index contributed by atoms with van der Waals surface area (Å²) in [5.74, 6) is 0. The van der Waals surface area contributed by atoms with Gasteiger partial charge in [-0.3, -0.25) is 4.79 Å². The van der Waals surface area contributed by atoms with Gasteiger partial charge in [0.1, 0.15) is 0 Å². The number of benzene rings is 3. The van der Waals surface area contributed by atoms with E-state index in [1.54, 1.807) is 24.3 Å². The maximum absolute atomic E-state index is 12.3. The molecule has 3 aromatic rings. The normalized spacial score (nSPS) is 11.3. The summed E-state index contributed by atoms with van der Waals surface area (Å²) >= 11 is 0. The van der Waals surface area contributed by atoms with Gasteiger partial charge in [0.05, 0.1) is 4.90 Å². The number of aryl methyl sites for hydroxylation is 1. The number of rotatable bonds is 2. The van der Waals surface area contributed by atoms with E-state index in [4.69, 9.17) is 0 Å². The number of anilines is 1. The zero-order chi connectivity index (χ0) is 16.4. The van der Waals surface area contributed by atoms with Crippen LogP contribution in [-0.2, 0) is 9.84 Å². The number of nitrogens with one attached hydrogen (secondary N) is 1. The molecule has 0 saturated carbocycles. The van der Waals surface area contributed by atoms with Crippen molar-refractivity contribution < 1.29 is 13.2 Å². The lowest BCUT2D eigenvalue weighted by molar-refractivity contribution is 0.267. The fraction of sp³-hybridized carbons (Fsp3) is 0.0556. The highest BCUT2D eigenvalue weighted by atomic mass is 32.2. The van der Waals surface area contributed by atoms with Crippen LogP contribution in [0.4, 0.5) is 10.5 Å². The summed E-state index contributed by atoms with van der Waals surface area (Å²) in [4.78, 5) is 12.1. The lowest BCUT2D eigenvalue weighted by atomic mass is 10.1. The number of carbonyl (C=O) groups is 1. The fourth-order valence-electron chi connectivity index (χ4n) is 2.28. The van der Waals surface area contributed by atoms with Crippen LogP contribution in [0.25, 0.3) is 10.8 Å². The lowest BCUT2D eigenvalue weighted by Crippen LogP contribution is -2.21. The molecule has 4 nitrogen and oxygen atoms in total. The molecule has 116 valence electrons. The topological polar surface area (TPSA) is 63.2 Å². The Bertz CT molecular complexity index is 977. The Morgan fingerprint density at radius 3 is 2.22 bits per heavy atom. The van der Waals surface area contributed by atoms with Crippen LogP contribution in [0, 0.1) is 6.92 Å². The van der Waals surface area contributed by atoms with Crippen LogP contribution in [0.15, 0.2) is 71.6 Å². The molecule has 0 atom stereocenters. The van der Waals surface area contributed by atoms with Crippen molar-refractivity contribution in [3.8, 4) is 0 Å². The molecule has 0 aliphatic heterocycles. The van der Waals surface area contributed by atoms with Crippen molar-refractivity contribution in [1.29, 1.82) is 0 Å². The second-order valence-electron chi connectivity index (χ2n) is 5.29. The summed E-state index contributed by atoms with van der Waals surface area (Å²) in [5, 5.41) is 3.38. The maximum Gasteiger partial charge on any atom is 0.345 e. The van der Waals surface area contributed by atoms with Crippen molar-refractivity contribution in [1.82, 2.24) is 0 Å². The van der Waals surface area contributed by atoms with Crippen molar-refractivity contribution in [2.24, 2.45) is 0 Å². The molecule has 0 unspecified atom stereocenters. The molecule has 0 bridgehead atoms. The summed E-state index contributed by atoms with van der Waals surface area (Å²) in [7, 11) is -4.06. The minimum Gasteiger partial charge on any atom is -0.312 e. The SMILES string of the molecule is Cc1ccc(S(=O)(=O)C(=O)Nc2ccc3ccccc3c2)cc1. The van der Waals surface area contributed by atoms with E-state index in [1.807, 2.05) is 37.3 Å². The molecule has 0 heterocycles. The van der Waals surface area contributed by atoms with Crippen LogP contribution in [-0.4, -0.2) is 13.7 Å². The van der Waals surface area contributed by atoms with Crippen LogP contribution in [0.5, 0.6) is 0 Å². The second-order valence-corrected chi connectivity index (χ2v) is 7.14. The van der Waals surface area contributed by atoms with Crippen molar-refractivity contribution in [3.05, 3.63) is 72.3 Å². The molecule has 1 N–H and O–H groups in total. The summed E-state index contributed by atoms with van der Waals surface area (Å²) in [6.07, 6.45) is 0. The Kier molecular flexibility index (Phi) is 3.88. The molecule has 3 aromatic carbocycles. The molecule has 0 aliphatic carbocycles. The van der Waals surface area contributed by atoms with Gasteiger partial charge in [-0.15, -0.1) is 0 Å². The summed E-state index contributed by atoms with van der Waals surface area (Å²) in [5.41, 5.74) is 1.38. The average molecular weight is 325 g/mol. The molecule has 0 saturated heterocycles. The van der Waals surface area contributed by atoms with Crippen molar-refractivity contribution in [2.75, 3.05) is 5.32 Å². The predicted octanol–water partition coefficient (Wildman–Crippen LogP) is 4.15. The van der Waals surface area contributed by atoms with E-state index in [0.29, 0.717) is 5.69 Å². The van der Waals surface area contributed by atoms with Crippen LogP contribution in [0.2, 0.25) is 0 Å². The molecule has 0 spiro atoms. The van der Waals surface area contributed by atoms with E-state index < -0.39 is 15.1 Å². The van der Waals surface area contributed by atoms with Crippen molar-refractivity contribution in [3.63, 3.8) is 0 Å². The molecular formula is C18H15NO3S. The fourth-order valence-corrected chi connectivity index (χ4v) is 3.24. The Morgan fingerprint density at radius 1 is 0.870 bits per heavy atom. The number of amides is 1. The lowest BCUT2D eigenvalue weighted by Gasteiger charge is -2.08. The van der Waals surface area contributed by atoms with Gasteiger partial charge in [-0.1, -0.05) is 48.0 Å². The first kappa shape index (κ1) is 15.2. The number of hydrogen-bond acceptors (Lipinski definition) is 3. The van der Waals surface area contributed by atoms with Gasteiger partial charge >= 0.3 is 5.24 Å². The molecule has 3 rings (SSSR count). The third-order valence-electron chi connectivity index (χ3n) is 3.57. The van der Waals surface area contributed by atoms with Gasteiger partial charge in [0.25, 0.3) is 9.84 Å². The van der Waals surface area contributed by atoms with Gasteiger partial charge < -0.3 is 5.32 Å². The number of fused-ring (bicyclic) bond motifs is 1. The molecular weight excluding hydrogens is 310 g/mol. The smallest absolute Gasteiger partial charge is 0.312 e. The maximum atomic E-state index is 12.3. The Hall–Kier alpha value is -2.66. The van der Waals surface area contributed by atoms with E-state index in [1.165, 1.54) is 12.1 Å². The molecule has 1 amide bonds. The third kappa shape index (κ3) is 3.10. The molecule has 23 heavy (non-hydrogen) atoms. The van der Waals surface area contributed by atoms with Crippen LogP contribution < -0.4 is 5.32 Å². The Labute approximate surface area is 134 Å². The van der Waals surface area contributed by atoms with Gasteiger partial charge in [0.15, 0.2) is 0 Å². The van der Waals surface area contributed by atoms with Crippen molar-refractivity contribution in [2.45, 2.75) is 11.8 Å². The Morgan fingerprint density at radius 2 is 1.52 bits per heavy atom. The number of sulfone groups is 1. The van der Waals surface area contributed by atoms with Crippen LogP contribution in [0.1, 0.15) is 5.56 Å². The van der Waals surface area contributed by atoms with E-state index in [0.717, 1.165) is 16.3 Å². The molecule has 0 aromatic heterocycles. The van der Waals surface area contributed by atoms with E-state index in [2.05, 4.69) is 5.32 Å². The molecule has 0 radical (unpaired) electrons. The van der Waals surface area contributed by atoms with Crippen LogP contribution in [0.3, 0.4) is 0 Å². The first-order valence-electron chi connectivity index (χ1n) is 7.08. The quantitative estimate of drug-likeness (QED) is 0.769. The highest BCUT2D eigenvalue weighted by Gasteiger charge is 2.24. The summed E-state index contributed by atoms with van der Waals surface area (Å²) < 4.78 is 24.6. The summed E-state index contributed by atoms with van der Waals surface area (Å²) in [6, 6.07) is 19.1. The zero-order valence-electron chi connectivity index (χ0n) is 12.5. The molecule has 5 heteroatoms. The molecule has 0 aliphatic rings. The van der Waals surface area contributed by atoms with Gasteiger partial charge in [0, 0.05) is 5.69 Å². The van der Waals surface area contributed by atoms with Gasteiger partial charge in [-0.2, -0.15) is 0 Å². The van der Waals surface area contributed by atoms with Gasteiger partial charge in [-0.05, 0) is 42.0 Å². The molecule has 0 fully saturated rings. The predicted molar refractivity (Wildman–Crippen MR) is 91.3 cm³/mol. The monoisotopic (exact) mass is 325 g/mol. The number of hydrogen-bond donors (Lipinski definition) is 1. The first-order valence-corrected chi connectivity index (χ1v) is 8.57. The highest BCUT2D eigenvalue weighted by molar-refractivity contribution is 8.06. The highest BCUT2D eigenvalue weighted by Crippen LogP contribution is 2.21. The zero-order valence-corrected chi connectivity index (χ0v) is 13.3.